The molecule has 0 atom stereocenters. The van der Waals surface area contributed by atoms with E-state index in [0.717, 1.165) is 25.0 Å². The van der Waals surface area contributed by atoms with Crippen molar-refractivity contribution in [2.24, 2.45) is 0 Å². The molecule has 0 spiro atoms. The van der Waals surface area contributed by atoms with Crippen molar-refractivity contribution in [1.29, 1.82) is 0 Å². The molecule has 3 aromatic heterocycles. The summed E-state index contributed by atoms with van der Waals surface area (Å²) in [7, 11) is 0. The molecule has 4 rings (SSSR count). The number of rotatable bonds is 4. The van der Waals surface area contributed by atoms with Crippen LogP contribution in [-0.2, 0) is 11.3 Å². The molecule has 0 amide bonds. The van der Waals surface area contributed by atoms with Crippen molar-refractivity contribution < 1.29 is 9.53 Å². The summed E-state index contributed by atoms with van der Waals surface area (Å²) in [4.78, 5) is 19.4. The molecule has 1 aromatic carbocycles. The maximum Gasteiger partial charge on any atom is 0.348 e. The zero-order valence-corrected chi connectivity index (χ0v) is 14.3. The van der Waals surface area contributed by atoms with Crippen LogP contribution in [0.5, 0.6) is 0 Å². The third-order valence-electron chi connectivity index (χ3n) is 3.24. The standard InChI is InChI=1S/C17H11NO2S3/c19-17(20-10-11-4-3-9-21-11)15-8-7-14(22-15)16-18-12-5-1-2-6-13(12)23-16/h1-9H,10H2. The Balaban J connectivity index is 1.52. The van der Waals surface area contributed by atoms with Crippen LogP contribution in [0, 0.1) is 0 Å². The van der Waals surface area contributed by atoms with E-state index in [1.807, 2.05) is 47.8 Å². The van der Waals surface area contributed by atoms with E-state index in [4.69, 9.17) is 4.74 Å². The van der Waals surface area contributed by atoms with Gasteiger partial charge in [-0.05, 0) is 35.7 Å². The number of carbonyl (C=O) groups excluding carboxylic acids is 1. The van der Waals surface area contributed by atoms with Gasteiger partial charge in [0.05, 0.1) is 15.1 Å². The maximum absolute atomic E-state index is 12.1. The molecule has 0 saturated heterocycles. The van der Waals surface area contributed by atoms with Crippen LogP contribution < -0.4 is 0 Å². The van der Waals surface area contributed by atoms with Crippen LogP contribution in [0.15, 0.2) is 53.9 Å². The number of benzene rings is 1. The summed E-state index contributed by atoms with van der Waals surface area (Å²) in [5, 5.41) is 2.91. The minimum Gasteiger partial charge on any atom is -0.456 e. The second-order valence-corrected chi connectivity index (χ2v) is 7.95. The van der Waals surface area contributed by atoms with Gasteiger partial charge in [-0.25, -0.2) is 9.78 Å². The molecule has 114 valence electrons. The first-order valence-electron chi connectivity index (χ1n) is 6.95. The lowest BCUT2D eigenvalue weighted by Crippen LogP contribution is -2.01. The van der Waals surface area contributed by atoms with Crippen LogP contribution in [0.25, 0.3) is 20.1 Å². The van der Waals surface area contributed by atoms with E-state index in [9.17, 15) is 4.79 Å². The van der Waals surface area contributed by atoms with Gasteiger partial charge in [0.1, 0.15) is 16.5 Å². The second kappa shape index (κ2) is 6.23. The minimum atomic E-state index is -0.282. The second-order valence-electron chi connectivity index (χ2n) is 4.81. The van der Waals surface area contributed by atoms with E-state index < -0.39 is 0 Å². The Morgan fingerprint density at radius 3 is 2.78 bits per heavy atom. The van der Waals surface area contributed by atoms with Gasteiger partial charge in [-0.15, -0.1) is 34.0 Å². The van der Waals surface area contributed by atoms with E-state index in [2.05, 4.69) is 11.1 Å². The number of fused-ring (bicyclic) bond motifs is 1. The molecule has 0 aliphatic heterocycles. The van der Waals surface area contributed by atoms with Gasteiger partial charge in [-0.3, -0.25) is 0 Å². The number of carbonyl (C=O) groups is 1. The van der Waals surface area contributed by atoms with Gasteiger partial charge in [-0.1, -0.05) is 18.2 Å². The quantitative estimate of drug-likeness (QED) is 0.456. The number of ether oxygens (including phenoxy) is 1. The highest BCUT2D eigenvalue weighted by molar-refractivity contribution is 7.26. The SMILES string of the molecule is O=C(OCc1cccs1)c1ccc(-c2nc3ccccc3s2)s1. The van der Waals surface area contributed by atoms with Crippen molar-refractivity contribution in [3.05, 3.63) is 63.7 Å². The molecule has 0 bridgehead atoms. The smallest absolute Gasteiger partial charge is 0.348 e. The van der Waals surface area contributed by atoms with Crippen molar-refractivity contribution in [3.63, 3.8) is 0 Å². The van der Waals surface area contributed by atoms with Crippen LogP contribution in [0.1, 0.15) is 14.5 Å². The summed E-state index contributed by atoms with van der Waals surface area (Å²) in [6.07, 6.45) is 0. The van der Waals surface area contributed by atoms with Gasteiger partial charge in [0.25, 0.3) is 0 Å². The summed E-state index contributed by atoms with van der Waals surface area (Å²) in [5.74, 6) is -0.282. The number of thiazole rings is 1. The lowest BCUT2D eigenvalue weighted by Gasteiger charge is -2.00. The van der Waals surface area contributed by atoms with Gasteiger partial charge >= 0.3 is 5.97 Å². The van der Waals surface area contributed by atoms with Crippen molar-refractivity contribution in [3.8, 4) is 9.88 Å². The first-order valence-corrected chi connectivity index (χ1v) is 9.46. The highest BCUT2D eigenvalue weighted by Gasteiger charge is 2.14. The third-order valence-corrected chi connectivity index (χ3v) is 6.36. The fourth-order valence-corrected chi connectivity index (χ4v) is 4.68. The molecule has 4 aromatic rings. The van der Waals surface area contributed by atoms with Gasteiger partial charge in [0.2, 0.25) is 0 Å². The summed E-state index contributed by atoms with van der Waals surface area (Å²) in [6.45, 7) is 0.324. The van der Waals surface area contributed by atoms with Crippen LogP contribution >= 0.6 is 34.0 Å². The van der Waals surface area contributed by atoms with E-state index in [1.54, 1.807) is 22.7 Å². The Hall–Kier alpha value is -2.02. The summed E-state index contributed by atoms with van der Waals surface area (Å²) in [6, 6.07) is 15.7. The molecule has 0 fully saturated rings. The van der Waals surface area contributed by atoms with Gasteiger partial charge < -0.3 is 4.74 Å². The molecule has 0 saturated carbocycles. The molecular weight excluding hydrogens is 346 g/mol. The van der Waals surface area contributed by atoms with Crippen molar-refractivity contribution in [2.45, 2.75) is 6.61 Å². The number of para-hydroxylation sites is 1. The predicted molar refractivity (Wildman–Crippen MR) is 96.4 cm³/mol. The Bertz CT molecular complexity index is 920. The normalized spacial score (nSPS) is 11.0. The number of aromatic nitrogens is 1. The first kappa shape index (κ1) is 14.6. The molecule has 0 unspecified atom stereocenters. The highest BCUT2D eigenvalue weighted by Crippen LogP contribution is 2.34. The van der Waals surface area contributed by atoms with Crippen molar-refractivity contribution >= 4 is 50.2 Å². The first-order chi connectivity index (χ1) is 11.3. The fourth-order valence-electron chi connectivity index (χ4n) is 2.14. The molecule has 23 heavy (non-hydrogen) atoms. The van der Waals surface area contributed by atoms with E-state index >= 15 is 0 Å². The number of hydrogen-bond donors (Lipinski definition) is 0. The number of thiophene rings is 2. The third kappa shape index (κ3) is 3.06. The largest absolute Gasteiger partial charge is 0.456 e. The highest BCUT2D eigenvalue weighted by atomic mass is 32.1. The van der Waals surface area contributed by atoms with Gasteiger partial charge in [0.15, 0.2) is 0 Å². The Kier molecular flexibility index (Phi) is 3.95. The van der Waals surface area contributed by atoms with Crippen LogP contribution in [0.2, 0.25) is 0 Å². The van der Waals surface area contributed by atoms with E-state index in [0.29, 0.717) is 11.5 Å². The van der Waals surface area contributed by atoms with Crippen LogP contribution in [0.4, 0.5) is 0 Å². The summed E-state index contributed by atoms with van der Waals surface area (Å²) in [5.41, 5.74) is 0.989. The average Bonchev–Trinajstić information content (AvgIpc) is 3.31. The fraction of sp³-hybridized carbons (Fsp3) is 0.0588. The molecule has 3 nitrogen and oxygen atoms in total. The summed E-state index contributed by atoms with van der Waals surface area (Å²) < 4.78 is 6.50. The van der Waals surface area contributed by atoms with Crippen LogP contribution in [0.3, 0.4) is 0 Å². The monoisotopic (exact) mass is 357 g/mol. The van der Waals surface area contributed by atoms with Crippen molar-refractivity contribution in [1.82, 2.24) is 4.98 Å². The topological polar surface area (TPSA) is 39.2 Å². The molecule has 0 radical (unpaired) electrons. The van der Waals surface area contributed by atoms with Crippen LogP contribution in [-0.4, -0.2) is 11.0 Å². The Labute approximate surface area is 144 Å². The lowest BCUT2D eigenvalue weighted by atomic mass is 10.3. The Morgan fingerprint density at radius 1 is 1.04 bits per heavy atom. The molecule has 0 aliphatic carbocycles. The number of hydrogen-bond acceptors (Lipinski definition) is 6. The number of nitrogens with zero attached hydrogens (tertiary/aromatic N) is 1. The molecule has 3 heterocycles. The maximum atomic E-state index is 12.1. The van der Waals surface area contributed by atoms with Gasteiger partial charge in [0, 0.05) is 4.88 Å². The molecular formula is C17H11NO2S3. The van der Waals surface area contributed by atoms with Crippen molar-refractivity contribution in [2.75, 3.05) is 0 Å². The molecule has 0 N–H and O–H groups in total. The van der Waals surface area contributed by atoms with E-state index in [1.165, 1.54) is 11.3 Å². The minimum absolute atomic E-state index is 0.282. The Morgan fingerprint density at radius 2 is 1.96 bits per heavy atom. The lowest BCUT2D eigenvalue weighted by molar-refractivity contribution is 0.0482. The van der Waals surface area contributed by atoms with Gasteiger partial charge in [-0.2, -0.15) is 0 Å². The average molecular weight is 357 g/mol. The number of esters is 1. The summed E-state index contributed by atoms with van der Waals surface area (Å²) >= 11 is 4.64. The predicted octanol–water partition coefficient (Wildman–Crippen LogP) is 5.44. The zero-order chi connectivity index (χ0) is 15.6. The molecule has 0 aliphatic rings. The molecule has 6 heteroatoms. The van der Waals surface area contributed by atoms with E-state index in [-0.39, 0.29) is 5.97 Å². The zero-order valence-electron chi connectivity index (χ0n) is 11.9.